The number of nitriles is 1. The van der Waals surface area contributed by atoms with Crippen LogP contribution in [-0.2, 0) is 0 Å². The molecule has 0 spiro atoms. The first-order chi connectivity index (χ1) is 6.86. The molecule has 1 unspecified atom stereocenters. The zero-order chi connectivity index (χ0) is 10.2. The third-order valence-electron chi connectivity index (χ3n) is 3.04. The summed E-state index contributed by atoms with van der Waals surface area (Å²) >= 11 is 0. The number of rotatable bonds is 6. The van der Waals surface area contributed by atoms with E-state index in [-0.39, 0.29) is 6.04 Å². The molecule has 1 saturated carbocycles. The predicted octanol–water partition coefficient (Wildman–Crippen LogP) is 2.99. The quantitative estimate of drug-likeness (QED) is 0.660. The molecule has 0 aromatic heterocycles. The van der Waals surface area contributed by atoms with Gasteiger partial charge < -0.3 is 0 Å². The van der Waals surface area contributed by atoms with Gasteiger partial charge in [0.2, 0.25) is 0 Å². The second-order valence-corrected chi connectivity index (χ2v) is 4.33. The number of hydrogen-bond donors (Lipinski definition) is 1. The van der Waals surface area contributed by atoms with Gasteiger partial charge in [0.25, 0.3) is 0 Å². The van der Waals surface area contributed by atoms with Crippen LogP contribution in [0, 0.1) is 11.3 Å². The molecule has 80 valence electrons. The van der Waals surface area contributed by atoms with Crippen molar-refractivity contribution in [2.24, 2.45) is 0 Å². The summed E-state index contributed by atoms with van der Waals surface area (Å²) in [6.45, 7) is 2.20. The number of nitrogens with one attached hydrogen (secondary N) is 1. The van der Waals surface area contributed by atoms with Crippen molar-refractivity contribution in [2.45, 2.75) is 70.4 Å². The molecule has 0 saturated heterocycles. The molecule has 1 rings (SSSR count). The first kappa shape index (κ1) is 11.5. The van der Waals surface area contributed by atoms with E-state index < -0.39 is 0 Å². The predicted molar refractivity (Wildman–Crippen MR) is 58.9 cm³/mol. The zero-order valence-corrected chi connectivity index (χ0v) is 9.26. The highest BCUT2D eigenvalue weighted by molar-refractivity contribution is 4.92. The highest BCUT2D eigenvalue weighted by Gasteiger charge is 2.18. The molecule has 1 atom stereocenters. The summed E-state index contributed by atoms with van der Waals surface area (Å²) < 4.78 is 0. The molecule has 0 bridgehead atoms. The molecular formula is C12H22N2. The Morgan fingerprint density at radius 2 is 2.07 bits per heavy atom. The van der Waals surface area contributed by atoms with E-state index in [0.717, 1.165) is 6.42 Å². The summed E-state index contributed by atoms with van der Waals surface area (Å²) in [4.78, 5) is 0. The fourth-order valence-electron chi connectivity index (χ4n) is 2.16. The molecule has 0 heterocycles. The van der Waals surface area contributed by atoms with E-state index in [1.165, 1.54) is 44.9 Å². The van der Waals surface area contributed by atoms with Gasteiger partial charge in [-0.15, -0.1) is 0 Å². The summed E-state index contributed by atoms with van der Waals surface area (Å²) in [6.07, 6.45) is 9.93. The van der Waals surface area contributed by atoms with Crippen molar-refractivity contribution in [1.82, 2.24) is 5.32 Å². The Morgan fingerprint density at radius 1 is 1.36 bits per heavy atom. The van der Waals surface area contributed by atoms with Gasteiger partial charge in [0.05, 0.1) is 12.1 Å². The van der Waals surface area contributed by atoms with Crippen molar-refractivity contribution >= 4 is 0 Å². The minimum absolute atomic E-state index is 0.102. The highest BCUT2D eigenvalue weighted by Crippen LogP contribution is 2.18. The zero-order valence-electron chi connectivity index (χ0n) is 9.26. The Hall–Kier alpha value is -0.550. The SMILES string of the molecule is CCCCCC(C#N)NC1CCCC1. The van der Waals surface area contributed by atoms with Crippen LogP contribution in [0.1, 0.15) is 58.3 Å². The molecule has 14 heavy (non-hydrogen) atoms. The second-order valence-electron chi connectivity index (χ2n) is 4.33. The first-order valence-corrected chi connectivity index (χ1v) is 6.02. The van der Waals surface area contributed by atoms with Crippen LogP contribution in [0.4, 0.5) is 0 Å². The van der Waals surface area contributed by atoms with Gasteiger partial charge in [-0.3, -0.25) is 5.32 Å². The molecule has 1 aliphatic rings. The van der Waals surface area contributed by atoms with Crippen LogP contribution in [0.3, 0.4) is 0 Å². The van der Waals surface area contributed by atoms with Crippen molar-refractivity contribution in [3.8, 4) is 6.07 Å². The molecule has 0 radical (unpaired) electrons. The Kier molecular flexibility index (Phi) is 5.63. The largest absolute Gasteiger partial charge is 0.299 e. The Labute approximate surface area is 87.7 Å². The molecule has 1 fully saturated rings. The molecule has 0 aromatic rings. The van der Waals surface area contributed by atoms with Gasteiger partial charge in [0, 0.05) is 6.04 Å². The summed E-state index contributed by atoms with van der Waals surface area (Å²) in [5.74, 6) is 0. The van der Waals surface area contributed by atoms with Gasteiger partial charge in [0.15, 0.2) is 0 Å². The maximum Gasteiger partial charge on any atom is 0.0955 e. The van der Waals surface area contributed by atoms with Crippen LogP contribution in [-0.4, -0.2) is 12.1 Å². The van der Waals surface area contributed by atoms with Crippen molar-refractivity contribution in [3.05, 3.63) is 0 Å². The topological polar surface area (TPSA) is 35.8 Å². The lowest BCUT2D eigenvalue weighted by Gasteiger charge is -2.16. The lowest BCUT2D eigenvalue weighted by molar-refractivity contribution is 0.451. The normalized spacial score (nSPS) is 19.4. The summed E-state index contributed by atoms with van der Waals surface area (Å²) in [5, 5.41) is 12.4. The number of unbranched alkanes of at least 4 members (excludes halogenated alkanes) is 2. The van der Waals surface area contributed by atoms with Gasteiger partial charge in [-0.1, -0.05) is 39.0 Å². The van der Waals surface area contributed by atoms with Crippen molar-refractivity contribution in [3.63, 3.8) is 0 Å². The molecule has 1 N–H and O–H groups in total. The second kappa shape index (κ2) is 6.84. The van der Waals surface area contributed by atoms with E-state index >= 15 is 0 Å². The van der Waals surface area contributed by atoms with Crippen LogP contribution in [0.5, 0.6) is 0 Å². The van der Waals surface area contributed by atoms with Crippen LogP contribution in [0.25, 0.3) is 0 Å². The Bertz CT molecular complexity index is 177. The van der Waals surface area contributed by atoms with Crippen LogP contribution in [0.15, 0.2) is 0 Å². The van der Waals surface area contributed by atoms with Gasteiger partial charge in [0.1, 0.15) is 0 Å². The van der Waals surface area contributed by atoms with Gasteiger partial charge in [-0.05, 0) is 19.3 Å². The molecule has 2 heteroatoms. The molecule has 0 aromatic carbocycles. The van der Waals surface area contributed by atoms with Crippen LogP contribution < -0.4 is 5.32 Å². The average Bonchev–Trinajstić information content (AvgIpc) is 2.69. The minimum atomic E-state index is 0.102. The van der Waals surface area contributed by atoms with Crippen LogP contribution >= 0.6 is 0 Å². The maximum atomic E-state index is 8.97. The van der Waals surface area contributed by atoms with Crippen molar-refractivity contribution < 1.29 is 0 Å². The molecule has 1 aliphatic carbocycles. The molecular weight excluding hydrogens is 172 g/mol. The fraction of sp³-hybridized carbons (Fsp3) is 0.917. The third kappa shape index (κ3) is 4.11. The third-order valence-corrected chi connectivity index (χ3v) is 3.04. The minimum Gasteiger partial charge on any atom is -0.299 e. The first-order valence-electron chi connectivity index (χ1n) is 6.02. The summed E-state index contributed by atoms with van der Waals surface area (Å²) in [7, 11) is 0. The molecule has 0 amide bonds. The van der Waals surface area contributed by atoms with E-state index in [2.05, 4.69) is 18.3 Å². The Balaban J connectivity index is 2.14. The lowest BCUT2D eigenvalue weighted by atomic mass is 10.1. The summed E-state index contributed by atoms with van der Waals surface area (Å²) in [6, 6.07) is 3.10. The van der Waals surface area contributed by atoms with Crippen molar-refractivity contribution in [1.29, 1.82) is 5.26 Å². The van der Waals surface area contributed by atoms with E-state index in [1.54, 1.807) is 0 Å². The smallest absolute Gasteiger partial charge is 0.0955 e. The Morgan fingerprint density at radius 3 is 2.64 bits per heavy atom. The molecule has 0 aliphatic heterocycles. The fourth-order valence-corrected chi connectivity index (χ4v) is 2.16. The van der Waals surface area contributed by atoms with E-state index in [4.69, 9.17) is 5.26 Å². The van der Waals surface area contributed by atoms with Crippen molar-refractivity contribution in [2.75, 3.05) is 0 Å². The van der Waals surface area contributed by atoms with E-state index in [9.17, 15) is 0 Å². The highest BCUT2D eigenvalue weighted by atomic mass is 14.9. The average molecular weight is 194 g/mol. The van der Waals surface area contributed by atoms with E-state index in [0.29, 0.717) is 6.04 Å². The summed E-state index contributed by atoms with van der Waals surface area (Å²) in [5.41, 5.74) is 0. The van der Waals surface area contributed by atoms with Crippen LogP contribution in [0.2, 0.25) is 0 Å². The monoisotopic (exact) mass is 194 g/mol. The molecule has 2 nitrogen and oxygen atoms in total. The van der Waals surface area contributed by atoms with Gasteiger partial charge >= 0.3 is 0 Å². The lowest BCUT2D eigenvalue weighted by Crippen LogP contribution is -2.35. The maximum absolute atomic E-state index is 8.97. The standard InChI is InChI=1S/C12H22N2/c1-2-3-4-9-12(10-13)14-11-7-5-6-8-11/h11-12,14H,2-9H2,1H3. The van der Waals surface area contributed by atoms with Gasteiger partial charge in [-0.2, -0.15) is 5.26 Å². The van der Waals surface area contributed by atoms with E-state index in [1.807, 2.05) is 0 Å². The number of hydrogen-bond acceptors (Lipinski definition) is 2. The number of nitrogens with zero attached hydrogens (tertiary/aromatic N) is 1. The van der Waals surface area contributed by atoms with Gasteiger partial charge in [-0.25, -0.2) is 0 Å².